The molecule has 2 heterocycles. The van der Waals surface area contributed by atoms with Gasteiger partial charge in [0, 0.05) is 25.7 Å². The van der Waals surface area contributed by atoms with E-state index < -0.39 is 0 Å². The van der Waals surface area contributed by atoms with E-state index in [1.54, 1.807) is 6.07 Å². The molecule has 21 heavy (non-hydrogen) atoms. The first-order valence-electron chi connectivity index (χ1n) is 7.86. The molecule has 0 bridgehead atoms. The molecule has 1 aromatic rings. The summed E-state index contributed by atoms with van der Waals surface area (Å²) >= 11 is 6.32. The number of halogens is 1. The summed E-state index contributed by atoms with van der Waals surface area (Å²) in [6.07, 6.45) is 3.77. The Balaban J connectivity index is 1.62. The highest BCUT2D eigenvalue weighted by molar-refractivity contribution is 6.33. The van der Waals surface area contributed by atoms with Crippen LogP contribution in [0.4, 0.5) is 5.69 Å². The van der Waals surface area contributed by atoms with Gasteiger partial charge in [0.1, 0.15) is 0 Å². The Kier molecular flexibility index (Phi) is 4.37. The van der Waals surface area contributed by atoms with Gasteiger partial charge < -0.3 is 4.90 Å². The molecule has 3 nitrogen and oxygen atoms in total. The number of benzene rings is 1. The van der Waals surface area contributed by atoms with Crippen molar-refractivity contribution in [1.29, 1.82) is 5.26 Å². The number of anilines is 1. The van der Waals surface area contributed by atoms with Gasteiger partial charge in [0.25, 0.3) is 0 Å². The average molecular weight is 304 g/mol. The first-order valence-corrected chi connectivity index (χ1v) is 8.24. The van der Waals surface area contributed by atoms with Gasteiger partial charge in [-0.1, -0.05) is 18.5 Å². The van der Waals surface area contributed by atoms with Crippen molar-refractivity contribution >= 4 is 17.3 Å². The lowest BCUT2D eigenvalue weighted by Gasteiger charge is -2.38. The van der Waals surface area contributed by atoms with Gasteiger partial charge in [0.15, 0.2) is 0 Å². The second-order valence-electron chi connectivity index (χ2n) is 6.38. The Hall–Kier alpha value is -1.24. The third-order valence-corrected chi connectivity index (χ3v) is 5.16. The van der Waals surface area contributed by atoms with Gasteiger partial charge in [-0.2, -0.15) is 5.26 Å². The predicted molar refractivity (Wildman–Crippen MR) is 86.8 cm³/mol. The van der Waals surface area contributed by atoms with Gasteiger partial charge >= 0.3 is 0 Å². The number of nitriles is 1. The molecule has 0 amide bonds. The maximum Gasteiger partial charge on any atom is 0.0992 e. The summed E-state index contributed by atoms with van der Waals surface area (Å²) in [5.41, 5.74) is 1.70. The molecule has 112 valence electrons. The van der Waals surface area contributed by atoms with Crippen molar-refractivity contribution < 1.29 is 0 Å². The molecule has 2 saturated heterocycles. The molecule has 2 fully saturated rings. The Morgan fingerprint density at radius 3 is 2.52 bits per heavy atom. The quantitative estimate of drug-likeness (QED) is 0.837. The zero-order valence-corrected chi connectivity index (χ0v) is 13.3. The topological polar surface area (TPSA) is 30.3 Å². The van der Waals surface area contributed by atoms with Crippen molar-refractivity contribution in [3.63, 3.8) is 0 Å². The van der Waals surface area contributed by atoms with Crippen LogP contribution < -0.4 is 4.90 Å². The van der Waals surface area contributed by atoms with Crippen LogP contribution in [-0.2, 0) is 0 Å². The van der Waals surface area contributed by atoms with E-state index in [-0.39, 0.29) is 0 Å². The summed E-state index contributed by atoms with van der Waals surface area (Å²) in [6.45, 7) is 7.00. The van der Waals surface area contributed by atoms with Gasteiger partial charge in [0.2, 0.25) is 0 Å². The van der Waals surface area contributed by atoms with Crippen LogP contribution in [-0.4, -0.2) is 37.1 Å². The maximum absolute atomic E-state index is 8.91. The SMILES string of the molecule is CC1CCN(C2CCN(c3ccc(C#N)cc3Cl)CC2)C1. The molecule has 0 saturated carbocycles. The number of nitrogens with zero attached hydrogens (tertiary/aromatic N) is 3. The minimum atomic E-state index is 0.629. The first kappa shape index (κ1) is 14.7. The number of hydrogen-bond donors (Lipinski definition) is 0. The summed E-state index contributed by atoms with van der Waals surface area (Å²) in [6, 6.07) is 8.49. The molecule has 0 aromatic heterocycles. The molecule has 2 aliphatic rings. The fourth-order valence-electron chi connectivity index (χ4n) is 3.61. The second-order valence-corrected chi connectivity index (χ2v) is 6.79. The van der Waals surface area contributed by atoms with Crippen LogP contribution in [0.5, 0.6) is 0 Å². The number of piperidine rings is 1. The number of hydrogen-bond acceptors (Lipinski definition) is 3. The second kappa shape index (κ2) is 6.25. The van der Waals surface area contributed by atoms with Gasteiger partial charge in [-0.25, -0.2) is 0 Å². The predicted octanol–water partition coefficient (Wildman–Crippen LogP) is 3.52. The summed E-state index contributed by atoms with van der Waals surface area (Å²) in [4.78, 5) is 5.03. The van der Waals surface area contributed by atoms with Crippen LogP contribution in [0.2, 0.25) is 5.02 Å². The summed E-state index contributed by atoms with van der Waals surface area (Å²) in [5.74, 6) is 0.857. The van der Waals surface area contributed by atoms with Crippen molar-refractivity contribution in [2.45, 2.75) is 32.2 Å². The smallest absolute Gasteiger partial charge is 0.0992 e. The maximum atomic E-state index is 8.91. The fourth-order valence-corrected chi connectivity index (χ4v) is 3.91. The molecule has 0 spiro atoms. The Bertz CT molecular complexity index is 543. The zero-order chi connectivity index (χ0) is 14.8. The third-order valence-electron chi connectivity index (χ3n) is 4.85. The van der Waals surface area contributed by atoms with Crippen molar-refractivity contribution in [2.24, 2.45) is 5.92 Å². The molecule has 3 rings (SSSR count). The third kappa shape index (κ3) is 3.17. The first-order chi connectivity index (χ1) is 10.2. The van der Waals surface area contributed by atoms with Gasteiger partial charge in [0.05, 0.1) is 22.3 Å². The fraction of sp³-hybridized carbons (Fsp3) is 0.588. The van der Waals surface area contributed by atoms with Crippen LogP contribution in [0.1, 0.15) is 31.7 Å². The highest BCUT2D eigenvalue weighted by Gasteiger charge is 2.29. The largest absolute Gasteiger partial charge is 0.370 e. The van der Waals surface area contributed by atoms with Crippen LogP contribution >= 0.6 is 11.6 Å². The van der Waals surface area contributed by atoms with E-state index in [0.29, 0.717) is 10.6 Å². The Labute approximate surface area is 132 Å². The van der Waals surface area contributed by atoms with Crippen molar-refractivity contribution in [3.05, 3.63) is 28.8 Å². The lowest BCUT2D eigenvalue weighted by Crippen LogP contribution is -2.44. The van der Waals surface area contributed by atoms with Crippen LogP contribution in [0.25, 0.3) is 0 Å². The summed E-state index contributed by atoms with van der Waals surface area (Å²) < 4.78 is 0. The van der Waals surface area contributed by atoms with E-state index in [4.69, 9.17) is 16.9 Å². The normalized spacial score (nSPS) is 24.2. The van der Waals surface area contributed by atoms with Crippen molar-refractivity contribution in [3.8, 4) is 6.07 Å². The van der Waals surface area contributed by atoms with E-state index in [2.05, 4.69) is 22.8 Å². The molecule has 0 N–H and O–H groups in total. The van der Waals surface area contributed by atoms with E-state index in [0.717, 1.165) is 30.7 Å². The minimum Gasteiger partial charge on any atom is -0.370 e. The molecular formula is C17H22ClN3. The Morgan fingerprint density at radius 1 is 1.19 bits per heavy atom. The van der Waals surface area contributed by atoms with Crippen LogP contribution in [0, 0.1) is 17.2 Å². The van der Waals surface area contributed by atoms with E-state index >= 15 is 0 Å². The van der Waals surface area contributed by atoms with Crippen LogP contribution in [0.15, 0.2) is 18.2 Å². The highest BCUT2D eigenvalue weighted by Crippen LogP contribution is 2.31. The lowest BCUT2D eigenvalue weighted by atomic mass is 10.0. The van der Waals surface area contributed by atoms with Gasteiger partial charge in [-0.3, -0.25) is 4.90 Å². The molecule has 4 heteroatoms. The van der Waals surface area contributed by atoms with E-state index in [9.17, 15) is 0 Å². The average Bonchev–Trinajstić information content (AvgIpc) is 2.94. The summed E-state index contributed by atoms with van der Waals surface area (Å²) in [7, 11) is 0. The minimum absolute atomic E-state index is 0.629. The molecule has 1 unspecified atom stereocenters. The van der Waals surface area contributed by atoms with E-state index in [1.165, 1.54) is 32.4 Å². The molecular weight excluding hydrogens is 282 g/mol. The molecule has 1 atom stereocenters. The lowest BCUT2D eigenvalue weighted by molar-refractivity contribution is 0.202. The van der Waals surface area contributed by atoms with Gasteiger partial charge in [-0.05, 0) is 49.9 Å². The number of rotatable bonds is 2. The molecule has 0 radical (unpaired) electrons. The van der Waals surface area contributed by atoms with Gasteiger partial charge in [-0.15, -0.1) is 0 Å². The monoisotopic (exact) mass is 303 g/mol. The molecule has 2 aliphatic heterocycles. The van der Waals surface area contributed by atoms with Crippen molar-refractivity contribution in [1.82, 2.24) is 4.90 Å². The molecule has 0 aliphatic carbocycles. The van der Waals surface area contributed by atoms with Crippen molar-refractivity contribution in [2.75, 3.05) is 31.1 Å². The Morgan fingerprint density at radius 2 is 1.95 bits per heavy atom. The summed E-state index contributed by atoms with van der Waals surface area (Å²) in [5, 5.41) is 9.61. The standard InChI is InChI=1S/C17H22ClN3/c1-13-4-7-21(12-13)15-5-8-20(9-6-15)17-3-2-14(11-19)10-16(17)18/h2-3,10,13,15H,4-9,12H2,1H3. The molecule has 1 aromatic carbocycles. The highest BCUT2D eigenvalue weighted by atomic mass is 35.5. The zero-order valence-electron chi connectivity index (χ0n) is 12.6. The van der Waals surface area contributed by atoms with E-state index in [1.807, 2.05) is 12.1 Å². The number of likely N-dealkylation sites (tertiary alicyclic amines) is 1. The van der Waals surface area contributed by atoms with Crippen LogP contribution in [0.3, 0.4) is 0 Å².